The Labute approximate surface area is 242 Å². The van der Waals surface area contributed by atoms with Crippen LogP contribution in [0.3, 0.4) is 0 Å². The van der Waals surface area contributed by atoms with Crippen LogP contribution in [0.15, 0.2) is 59.4 Å². The van der Waals surface area contributed by atoms with Crippen molar-refractivity contribution in [3.05, 3.63) is 75.7 Å². The molecule has 3 aromatic rings. The molecular formula is C31H41ClN4O4. The number of carbonyl (C=O) groups is 1. The molecule has 9 heteroatoms. The van der Waals surface area contributed by atoms with Crippen molar-refractivity contribution >= 4 is 23.4 Å². The molecule has 1 aliphatic rings. The first-order chi connectivity index (χ1) is 19.4. The summed E-state index contributed by atoms with van der Waals surface area (Å²) in [6.07, 6.45) is 3.08. The Morgan fingerprint density at radius 2 is 1.77 bits per heavy atom. The lowest BCUT2D eigenvalue weighted by Gasteiger charge is -2.33. The number of piperidine rings is 1. The summed E-state index contributed by atoms with van der Waals surface area (Å²) < 4.78 is 12.2. The highest BCUT2D eigenvalue weighted by molar-refractivity contribution is 6.32. The summed E-state index contributed by atoms with van der Waals surface area (Å²) in [6.45, 7) is 6.31. The van der Waals surface area contributed by atoms with Gasteiger partial charge in [0.2, 0.25) is 0 Å². The number of hydrogen-bond acceptors (Lipinski definition) is 7. The monoisotopic (exact) mass is 568 g/mol. The molecule has 1 aromatic heterocycles. The van der Waals surface area contributed by atoms with Crippen molar-refractivity contribution < 1.29 is 14.3 Å². The molecule has 1 fully saturated rings. The van der Waals surface area contributed by atoms with E-state index in [0.29, 0.717) is 36.0 Å². The quantitative estimate of drug-likeness (QED) is 0.298. The molecule has 4 rings (SSSR count). The fraction of sp³-hybridized carbons (Fsp3) is 0.452. The molecule has 8 nitrogen and oxygen atoms in total. The maximum Gasteiger partial charge on any atom is 0.326 e. The van der Waals surface area contributed by atoms with Crippen molar-refractivity contribution in [2.75, 3.05) is 45.7 Å². The van der Waals surface area contributed by atoms with Gasteiger partial charge in [0.1, 0.15) is 18.9 Å². The third-order valence-corrected chi connectivity index (χ3v) is 7.14. The van der Waals surface area contributed by atoms with E-state index in [1.807, 2.05) is 55.1 Å². The standard InChI is InChI=1S/C29H35ClN4O4.C2H6/c1-32(2)15-12-21-13-16-33(17-14-21)28-29(36)34(19-25(35)38-20-22-8-5-4-6-9-22)26(27(30)31-28)23-10-7-11-24(18-23)37-3;1-2/h4-11,18,21H,12-17,19-20H2,1-3H3;1-2H3. The van der Waals surface area contributed by atoms with E-state index in [-0.39, 0.29) is 29.7 Å². The van der Waals surface area contributed by atoms with Crippen molar-refractivity contribution in [2.45, 2.75) is 46.3 Å². The van der Waals surface area contributed by atoms with E-state index in [1.54, 1.807) is 25.3 Å². The lowest BCUT2D eigenvalue weighted by molar-refractivity contribution is -0.145. The van der Waals surface area contributed by atoms with E-state index in [9.17, 15) is 9.59 Å². The fourth-order valence-electron chi connectivity index (χ4n) is 4.72. The molecule has 0 aliphatic carbocycles. The molecule has 0 saturated carbocycles. The Morgan fingerprint density at radius 3 is 2.42 bits per heavy atom. The number of rotatable bonds is 10. The second kappa shape index (κ2) is 15.4. The number of nitrogens with zero attached hydrogens (tertiary/aromatic N) is 4. The van der Waals surface area contributed by atoms with Gasteiger partial charge >= 0.3 is 5.97 Å². The Morgan fingerprint density at radius 1 is 1.07 bits per heavy atom. The van der Waals surface area contributed by atoms with Crippen molar-refractivity contribution in [1.29, 1.82) is 0 Å². The van der Waals surface area contributed by atoms with Gasteiger partial charge in [-0.15, -0.1) is 0 Å². The number of halogens is 1. The van der Waals surface area contributed by atoms with Gasteiger partial charge in [0.25, 0.3) is 5.56 Å². The molecule has 40 heavy (non-hydrogen) atoms. The second-order valence-electron chi connectivity index (χ2n) is 9.87. The molecule has 2 heterocycles. The molecule has 0 unspecified atom stereocenters. The van der Waals surface area contributed by atoms with Gasteiger partial charge in [-0.1, -0.05) is 67.9 Å². The van der Waals surface area contributed by atoms with Gasteiger partial charge < -0.3 is 19.3 Å². The Hall–Kier alpha value is -3.36. The van der Waals surface area contributed by atoms with Crippen LogP contribution < -0.4 is 15.2 Å². The van der Waals surface area contributed by atoms with Crippen molar-refractivity contribution in [3.8, 4) is 17.0 Å². The minimum absolute atomic E-state index is 0.120. The highest BCUT2D eigenvalue weighted by Crippen LogP contribution is 2.31. The zero-order chi connectivity index (χ0) is 29.1. The second-order valence-corrected chi connectivity index (χ2v) is 10.2. The number of benzene rings is 2. The first-order valence-electron chi connectivity index (χ1n) is 13.9. The summed E-state index contributed by atoms with van der Waals surface area (Å²) in [5, 5.41) is 0.151. The van der Waals surface area contributed by atoms with E-state index in [2.05, 4.69) is 24.0 Å². The number of ether oxygens (including phenoxy) is 2. The molecule has 216 valence electrons. The van der Waals surface area contributed by atoms with Gasteiger partial charge in [-0.25, -0.2) is 4.98 Å². The van der Waals surface area contributed by atoms with E-state index < -0.39 is 5.97 Å². The molecule has 0 atom stereocenters. The smallest absolute Gasteiger partial charge is 0.326 e. The molecule has 0 bridgehead atoms. The van der Waals surface area contributed by atoms with Crippen LogP contribution in [0.1, 0.15) is 38.7 Å². The van der Waals surface area contributed by atoms with Crippen LogP contribution in [0.25, 0.3) is 11.3 Å². The van der Waals surface area contributed by atoms with Crippen molar-refractivity contribution in [1.82, 2.24) is 14.5 Å². The van der Waals surface area contributed by atoms with E-state index in [1.165, 1.54) is 4.57 Å². The number of aromatic nitrogens is 2. The number of hydrogen-bond donors (Lipinski definition) is 0. The van der Waals surface area contributed by atoms with Gasteiger partial charge in [-0.3, -0.25) is 14.2 Å². The zero-order valence-electron chi connectivity index (χ0n) is 24.2. The van der Waals surface area contributed by atoms with Gasteiger partial charge in [-0.2, -0.15) is 0 Å². The lowest BCUT2D eigenvalue weighted by Crippen LogP contribution is -2.40. The van der Waals surface area contributed by atoms with Crippen LogP contribution >= 0.6 is 11.6 Å². The molecule has 1 saturated heterocycles. The average Bonchev–Trinajstić information content (AvgIpc) is 2.98. The van der Waals surface area contributed by atoms with Crippen LogP contribution in [0.5, 0.6) is 5.75 Å². The van der Waals surface area contributed by atoms with Crippen LogP contribution in [0.2, 0.25) is 5.15 Å². The normalized spacial score (nSPS) is 13.5. The largest absolute Gasteiger partial charge is 0.497 e. The molecule has 2 aromatic carbocycles. The summed E-state index contributed by atoms with van der Waals surface area (Å²) in [6, 6.07) is 16.6. The molecule has 1 aliphatic heterocycles. The third-order valence-electron chi connectivity index (χ3n) is 6.88. The van der Waals surface area contributed by atoms with E-state index in [4.69, 9.17) is 21.1 Å². The Kier molecular flexibility index (Phi) is 12.0. The minimum atomic E-state index is -0.532. The van der Waals surface area contributed by atoms with E-state index >= 15 is 0 Å². The summed E-state index contributed by atoms with van der Waals surface area (Å²) in [4.78, 5) is 35.5. The maximum absolute atomic E-state index is 13.8. The molecule has 0 N–H and O–H groups in total. The Bertz CT molecular complexity index is 1290. The van der Waals surface area contributed by atoms with Gasteiger partial charge in [0.15, 0.2) is 11.0 Å². The molecular weight excluding hydrogens is 528 g/mol. The first kappa shape index (κ1) is 31.2. The third kappa shape index (κ3) is 8.32. The Balaban J connectivity index is 0.00000216. The number of anilines is 1. The molecule has 0 spiro atoms. The zero-order valence-corrected chi connectivity index (χ0v) is 25.0. The van der Waals surface area contributed by atoms with Crippen molar-refractivity contribution in [2.24, 2.45) is 5.92 Å². The highest BCUT2D eigenvalue weighted by atomic mass is 35.5. The van der Waals surface area contributed by atoms with Gasteiger partial charge in [0, 0.05) is 18.7 Å². The van der Waals surface area contributed by atoms with Crippen LogP contribution in [0.4, 0.5) is 5.82 Å². The highest BCUT2D eigenvalue weighted by Gasteiger charge is 2.26. The predicted molar refractivity (Wildman–Crippen MR) is 161 cm³/mol. The predicted octanol–water partition coefficient (Wildman–Crippen LogP) is 5.51. The van der Waals surface area contributed by atoms with Crippen LogP contribution in [-0.4, -0.2) is 61.3 Å². The molecule has 0 amide bonds. The number of carbonyl (C=O) groups excluding carboxylic acids is 1. The van der Waals surface area contributed by atoms with Gasteiger partial charge in [0.05, 0.1) is 12.8 Å². The van der Waals surface area contributed by atoms with E-state index in [0.717, 1.165) is 31.4 Å². The average molecular weight is 569 g/mol. The number of esters is 1. The fourth-order valence-corrected chi connectivity index (χ4v) is 5.01. The SMILES string of the molecule is CC.COc1cccc(-c2c(Cl)nc(N3CCC(CCN(C)C)CC3)c(=O)n2CC(=O)OCc2ccccc2)c1. The summed E-state index contributed by atoms with van der Waals surface area (Å²) >= 11 is 6.73. The van der Waals surface area contributed by atoms with Crippen LogP contribution in [-0.2, 0) is 22.7 Å². The maximum atomic E-state index is 13.8. The minimum Gasteiger partial charge on any atom is -0.497 e. The van der Waals surface area contributed by atoms with Crippen molar-refractivity contribution in [3.63, 3.8) is 0 Å². The topological polar surface area (TPSA) is 76.9 Å². The van der Waals surface area contributed by atoms with Crippen LogP contribution in [0, 0.1) is 5.92 Å². The summed E-state index contributed by atoms with van der Waals surface area (Å²) in [5.74, 6) is 0.947. The summed E-state index contributed by atoms with van der Waals surface area (Å²) in [7, 11) is 5.73. The first-order valence-corrected chi connectivity index (χ1v) is 14.3. The van der Waals surface area contributed by atoms with Gasteiger partial charge in [-0.05, 0) is 63.5 Å². The summed E-state index contributed by atoms with van der Waals surface area (Å²) in [5.41, 5.74) is 1.49. The molecule has 0 radical (unpaired) electrons. The lowest BCUT2D eigenvalue weighted by atomic mass is 9.93. The number of methoxy groups -OCH3 is 1.